The Kier molecular flexibility index (Phi) is 4.28. The lowest BCUT2D eigenvalue weighted by Crippen LogP contribution is -2.36. The van der Waals surface area contributed by atoms with E-state index in [4.69, 9.17) is 0 Å². The molecular weight excluding hydrogens is 263 g/mol. The minimum atomic E-state index is -1.23. The smallest absolute Gasteiger partial charge is 0.0663 e. The second-order valence-corrected chi connectivity index (χ2v) is 16.4. The predicted molar refractivity (Wildman–Crippen MR) is 93.2 cm³/mol. The van der Waals surface area contributed by atoms with Crippen LogP contribution in [0, 0.1) is 0 Å². The van der Waals surface area contributed by atoms with Gasteiger partial charge >= 0.3 is 0 Å². The van der Waals surface area contributed by atoms with Crippen LogP contribution in [0.25, 0.3) is 0 Å². The SMILES string of the molecule is C[Si](C)(C)C[P+](C)(c1ccccc1)c1ccccc1. The molecule has 0 saturated carbocycles. The summed E-state index contributed by atoms with van der Waals surface area (Å²) in [7, 11) is -2.34. The van der Waals surface area contributed by atoms with E-state index in [2.05, 4.69) is 87.0 Å². The molecule has 0 atom stereocenters. The van der Waals surface area contributed by atoms with Crippen molar-refractivity contribution >= 4 is 25.9 Å². The van der Waals surface area contributed by atoms with Crippen molar-refractivity contribution in [3.63, 3.8) is 0 Å². The molecule has 0 saturated heterocycles. The molecule has 0 unspecified atom stereocenters. The van der Waals surface area contributed by atoms with Crippen molar-refractivity contribution < 1.29 is 0 Å². The molecule has 0 bridgehead atoms. The largest absolute Gasteiger partial charge is 0.0985 e. The van der Waals surface area contributed by atoms with Gasteiger partial charge in [-0.05, 0) is 24.3 Å². The summed E-state index contributed by atoms with van der Waals surface area (Å²) < 4.78 is 0. The first-order valence-corrected chi connectivity index (χ1v) is 13.0. The molecule has 2 rings (SSSR count). The van der Waals surface area contributed by atoms with Crippen molar-refractivity contribution in [3.8, 4) is 0 Å². The number of hydrogen-bond donors (Lipinski definition) is 0. The van der Waals surface area contributed by atoms with Gasteiger partial charge in [-0.2, -0.15) is 0 Å². The summed E-state index contributed by atoms with van der Waals surface area (Å²) in [5.41, 5.74) is 0. The van der Waals surface area contributed by atoms with Crippen LogP contribution < -0.4 is 10.6 Å². The second kappa shape index (κ2) is 5.61. The molecule has 0 N–H and O–H groups in total. The van der Waals surface area contributed by atoms with Crippen LogP contribution in [0.3, 0.4) is 0 Å². The van der Waals surface area contributed by atoms with E-state index >= 15 is 0 Å². The monoisotopic (exact) mass is 287 g/mol. The van der Waals surface area contributed by atoms with Gasteiger partial charge in [0.15, 0.2) is 0 Å². The van der Waals surface area contributed by atoms with Gasteiger partial charge in [0.25, 0.3) is 0 Å². The fourth-order valence-electron chi connectivity index (χ4n) is 2.79. The van der Waals surface area contributed by atoms with E-state index in [1.54, 1.807) is 10.6 Å². The molecule has 19 heavy (non-hydrogen) atoms. The molecule has 0 fully saturated rings. The summed E-state index contributed by atoms with van der Waals surface area (Å²) in [5, 5.41) is 3.09. The van der Waals surface area contributed by atoms with E-state index < -0.39 is 15.3 Å². The second-order valence-electron chi connectivity index (χ2n) is 6.58. The highest BCUT2D eigenvalue weighted by atomic mass is 31.2. The zero-order valence-electron chi connectivity index (χ0n) is 12.4. The molecule has 0 radical (unpaired) electrons. The molecule has 2 aromatic carbocycles. The molecule has 0 aliphatic carbocycles. The molecule has 2 aromatic rings. The molecule has 2 heteroatoms. The maximum Gasteiger partial charge on any atom is 0.0985 e. The van der Waals surface area contributed by atoms with Gasteiger partial charge in [-0.25, -0.2) is 0 Å². The van der Waals surface area contributed by atoms with E-state index in [0.717, 1.165) is 0 Å². The maximum atomic E-state index is 2.51. The third kappa shape index (κ3) is 3.55. The molecule has 0 aliphatic rings. The van der Waals surface area contributed by atoms with Crippen LogP contribution in [-0.4, -0.2) is 20.5 Å². The van der Waals surface area contributed by atoms with Gasteiger partial charge < -0.3 is 0 Å². The van der Waals surface area contributed by atoms with Crippen LogP contribution in [0.1, 0.15) is 0 Å². The lowest BCUT2D eigenvalue weighted by molar-refractivity contribution is 1.62. The minimum absolute atomic E-state index is 1.11. The lowest BCUT2D eigenvalue weighted by Gasteiger charge is -2.28. The topological polar surface area (TPSA) is 0 Å². The zero-order chi connectivity index (χ0) is 13.9. The van der Waals surface area contributed by atoms with Crippen LogP contribution in [0.4, 0.5) is 0 Å². The number of rotatable bonds is 4. The number of hydrogen-bond acceptors (Lipinski definition) is 0. The van der Waals surface area contributed by atoms with E-state index in [0.29, 0.717) is 0 Å². The third-order valence-electron chi connectivity index (χ3n) is 3.44. The highest BCUT2D eigenvalue weighted by Gasteiger charge is 2.41. The van der Waals surface area contributed by atoms with Crippen LogP contribution in [0.2, 0.25) is 19.6 Å². The quantitative estimate of drug-likeness (QED) is 0.585. The standard InChI is InChI=1S/C17H24PSi/c1-18(15-19(2,3)4,16-11-7-5-8-12-16)17-13-9-6-10-14-17/h5-14H,15H2,1-4H3/q+1. The van der Waals surface area contributed by atoms with Gasteiger partial charge in [-0.15, -0.1) is 0 Å². The van der Waals surface area contributed by atoms with Crippen molar-refractivity contribution in [3.05, 3.63) is 60.7 Å². The van der Waals surface area contributed by atoms with Gasteiger partial charge in [0.05, 0.1) is 38.4 Å². The summed E-state index contributed by atoms with van der Waals surface area (Å²) in [6.45, 7) is 9.96. The van der Waals surface area contributed by atoms with E-state index in [1.807, 2.05) is 0 Å². The third-order valence-corrected chi connectivity index (χ3v) is 12.6. The first kappa shape index (κ1) is 14.5. The van der Waals surface area contributed by atoms with Gasteiger partial charge in [0.1, 0.15) is 0 Å². The first-order chi connectivity index (χ1) is 8.92. The van der Waals surface area contributed by atoms with Gasteiger partial charge in [0.2, 0.25) is 0 Å². The average Bonchev–Trinajstić information content (AvgIpc) is 2.39. The Morgan fingerprint density at radius 1 is 0.737 bits per heavy atom. The van der Waals surface area contributed by atoms with E-state index in [1.165, 1.54) is 5.79 Å². The summed E-state index contributed by atoms with van der Waals surface area (Å²) in [5.74, 6) is 1.38. The zero-order valence-corrected chi connectivity index (χ0v) is 14.3. The maximum absolute atomic E-state index is 2.51. The Morgan fingerprint density at radius 3 is 1.42 bits per heavy atom. The highest BCUT2D eigenvalue weighted by Crippen LogP contribution is 2.54. The van der Waals surface area contributed by atoms with Crippen LogP contribution in [0.5, 0.6) is 0 Å². The molecule has 0 heterocycles. The Labute approximate surface area is 119 Å². The molecule has 100 valence electrons. The van der Waals surface area contributed by atoms with Crippen molar-refractivity contribution in [1.82, 2.24) is 0 Å². The number of benzene rings is 2. The lowest BCUT2D eigenvalue weighted by atomic mass is 10.4. The minimum Gasteiger partial charge on any atom is -0.0663 e. The first-order valence-electron chi connectivity index (χ1n) is 6.89. The van der Waals surface area contributed by atoms with E-state index in [-0.39, 0.29) is 0 Å². The normalized spacial score (nSPS) is 12.4. The summed E-state index contributed by atoms with van der Waals surface area (Å²) in [6.07, 6.45) is 0. The van der Waals surface area contributed by atoms with Crippen molar-refractivity contribution in [2.45, 2.75) is 19.6 Å². The van der Waals surface area contributed by atoms with Crippen LogP contribution in [0.15, 0.2) is 60.7 Å². The Bertz CT molecular complexity index is 474. The van der Waals surface area contributed by atoms with Crippen molar-refractivity contribution in [1.29, 1.82) is 0 Å². The molecule has 0 aliphatic heterocycles. The fraction of sp³-hybridized carbons (Fsp3) is 0.294. The Balaban J connectivity index is 2.51. The van der Waals surface area contributed by atoms with Crippen LogP contribution in [-0.2, 0) is 0 Å². The Morgan fingerprint density at radius 2 is 1.11 bits per heavy atom. The van der Waals surface area contributed by atoms with E-state index in [9.17, 15) is 0 Å². The highest BCUT2D eigenvalue weighted by molar-refractivity contribution is 7.90. The molecule has 0 amide bonds. The molecule has 0 spiro atoms. The van der Waals surface area contributed by atoms with Crippen molar-refractivity contribution in [2.24, 2.45) is 0 Å². The summed E-state index contributed by atoms with van der Waals surface area (Å²) in [4.78, 5) is 0. The molecule has 0 nitrogen and oxygen atoms in total. The fourth-order valence-corrected chi connectivity index (χ4v) is 13.8. The Hall–Kier alpha value is -0.913. The average molecular weight is 287 g/mol. The van der Waals surface area contributed by atoms with Gasteiger partial charge in [0, 0.05) is 0 Å². The summed E-state index contributed by atoms with van der Waals surface area (Å²) in [6, 6.07) is 22.2. The van der Waals surface area contributed by atoms with Crippen molar-refractivity contribution in [2.75, 3.05) is 12.5 Å². The van der Waals surface area contributed by atoms with Gasteiger partial charge in [-0.1, -0.05) is 56.0 Å². The van der Waals surface area contributed by atoms with Crippen LogP contribution >= 0.6 is 7.26 Å². The van der Waals surface area contributed by atoms with Gasteiger partial charge in [-0.3, -0.25) is 0 Å². The summed E-state index contributed by atoms with van der Waals surface area (Å²) >= 11 is 0. The molecular formula is C17H24PSi+. The molecule has 0 aromatic heterocycles. The predicted octanol–water partition coefficient (Wildman–Crippen LogP) is 4.16.